The summed E-state index contributed by atoms with van der Waals surface area (Å²) in [5.74, 6) is 0.0176. The molecule has 0 spiro atoms. The van der Waals surface area contributed by atoms with Crippen molar-refractivity contribution in [3.05, 3.63) is 95.6 Å². The van der Waals surface area contributed by atoms with E-state index in [0.717, 1.165) is 23.1 Å². The molecule has 3 aromatic carbocycles. The van der Waals surface area contributed by atoms with Gasteiger partial charge in [-0.2, -0.15) is 0 Å². The fourth-order valence-corrected chi connectivity index (χ4v) is 3.17. The number of benzene rings is 3. The van der Waals surface area contributed by atoms with Crippen molar-refractivity contribution in [2.24, 2.45) is 0 Å². The van der Waals surface area contributed by atoms with Crippen molar-refractivity contribution in [2.75, 3.05) is 0 Å². The first kappa shape index (κ1) is 13.8. The molecule has 0 aliphatic carbocycles. The minimum Gasteiger partial charge on any atom is -0.345 e. The van der Waals surface area contributed by atoms with Crippen LogP contribution in [-0.4, -0.2) is 5.91 Å². The second-order valence-corrected chi connectivity index (χ2v) is 5.88. The van der Waals surface area contributed by atoms with Gasteiger partial charge in [0, 0.05) is 5.56 Å². The lowest BCUT2D eigenvalue weighted by Gasteiger charge is -2.26. The van der Waals surface area contributed by atoms with Crippen LogP contribution in [0.15, 0.2) is 78.9 Å². The molecule has 0 fully saturated rings. The number of hydrogen-bond acceptors (Lipinski definition) is 1. The summed E-state index contributed by atoms with van der Waals surface area (Å²) in [7, 11) is 0. The maximum absolute atomic E-state index is 12.2. The van der Waals surface area contributed by atoms with Crippen molar-refractivity contribution in [2.45, 2.75) is 12.5 Å². The lowest BCUT2D eigenvalue weighted by atomic mass is 9.90. The monoisotopic (exact) mass is 299 g/mol. The van der Waals surface area contributed by atoms with E-state index in [-0.39, 0.29) is 11.9 Å². The van der Waals surface area contributed by atoms with Crippen molar-refractivity contribution in [1.82, 2.24) is 5.32 Å². The molecule has 0 radical (unpaired) electrons. The highest BCUT2D eigenvalue weighted by atomic mass is 16.1. The second kappa shape index (κ2) is 5.73. The van der Waals surface area contributed by atoms with Crippen LogP contribution in [0, 0.1) is 0 Å². The third kappa shape index (κ3) is 2.64. The molecule has 0 saturated heterocycles. The molecular weight excluding hydrogens is 282 g/mol. The molecule has 0 bridgehead atoms. The van der Waals surface area contributed by atoms with E-state index in [1.807, 2.05) is 42.5 Å². The molecule has 1 aliphatic rings. The summed E-state index contributed by atoms with van der Waals surface area (Å²) >= 11 is 0. The van der Waals surface area contributed by atoms with Crippen molar-refractivity contribution >= 4 is 5.91 Å². The van der Waals surface area contributed by atoms with E-state index in [4.69, 9.17) is 0 Å². The van der Waals surface area contributed by atoms with E-state index in [1.165, 1.54) is 11.1 Å². The number of carbonyl (C=O) groups is 1. The predicted octanol–water partition coefficient (Wildman–Crippen LogP) is 4.38. The molecule has 2 nitrogen and oxygen atoms in total. The third-order valence-electron chi connectivity index (χ3n) is 4.41. The van der Waals surface area contributed by atoms with E-state index >= 15 is 0 Å². The van der Waals surface area contributed by atoms with Crippen LogP contribution in [0.3, 0.4) is 0 Å². The first-order valence-electron chi connectivity index (χ1n) is 7.85. The zero-order valence-electron chi connectivity index (χ0n) is 12.7. The number of amides is 1. The van der Waals surface area contributed by atoms with Gasteiger partial charge in [-0.25, -0.2) is 0 Å². The summed E-state index contributed by atoms with van der Waals surface area (Å²) in [4.78, 5) is 12.2. The van der Waals surface area contributed by atoms with E-state index in [9.17, 15) is 4.79 Å². The van der Waals surface area contributed by atoms with Crippen LogP contribution in [0.4, 0.5) is 0 Å². The molecule has 0 aromatic heterocycles. The van der Waals surface area contributed by atoms with Crippen LogP contribution in [0.5, 0.6) is 0 Å². The Kier molecular flexibility index (Phi) is 3.43. The molecule has 1 aliphatic heterocycles. The lowest BCUT2D eigenvalue weighted by Crippen LogP contribution is -2.35. The van der Waals surface area contributed by atoms with Crippen molar-refractivity contribution < 1.29 is 4.79 Å². The fraction of sp³-hybridized carbons (Fsp3) is 0.0952. The highest BCUT2D eigenvalue weighted by Gasteiger charge is 2.24. The molecular formula is C21H17NO. The number of fused-ring (bicyclic) bond motifs is 1. The first-order chi connectivity index (χ1) is 11.3. The van der Waals surface area contributed by atoms with E-state index in [1.54, 1.807) is 0 Å². The first-order valence-corrected chi connectivity index (χ1v) is 7.85. The second-order valence-electron chi connectivity index (χ2n) is 5.88. The van der Waals surface area contributed by atoms with Gasteiger partial charge in [0.2, 0.25) is 0 Å². The van der Waals surface area contributed by atoms with Gasteiger partial charge in [-0.15, -0.1) is 0 Å². The van der Waals surface area contributed by atoms with Crippen molar-refractivity contribution in [1.29, 1.82) is 0 Å². The molecule has 23 heavy (non-hydrogen) atoms. The van der Waals surface area contributed by atoms with Crippen LogP contribution < -0.4 is 5.32 Å². The molecule has 1 unspecified atom stereocenters. The van der Waals surface area contributed by atoms with Gasteiger partial charge in [-0.3, -0.25) is 4.79 Å². The fourth-order valence-electron chi connectivity index (χ4n) is 3.17. The number of rotatable bonds is 2. The maximum Gasteiger partial charge on any atom is 0.252 e. The molecule has 0 saturated carbocycles. The minimum absolute atomic E-state index is 0.0176. The Morgan fingerprint density at radius 3 is 2.17 bits per heavy atom. The molecule has 3 aromatic rings. The third-order valence-corrected chi connectivity index (χ3v) is 4.41. The van der Waals surface area contributed by atoms with Gasteiger partial charge in [0.15, 0.2) is 0 Å². The summed E-state index contributed by atoms with van der Waals surface area (Å²) in [5, 5.41) is 3.11. The average Bonchev–Trinajstić information content (AvgIpc) is 2.63. The molecule has 1 N–H and O–H groups in total. The SMILES string of the molecule is O=C1NC(c2ccc(-c3ccccc3)cc2)Cc2ccccc21. The molecule has 2 heteroatoms. The van der Waals surface area contributed by atoms with Gasteiger partial charge in [0.25, 0.3) is 5.91 Å². The quantitative estimate of drug-likeness (QED) is 0.747. The summed E-state index contributed by atoms with van der Waals surface area (Å²) < 4.78 is 0. The van der Waals surface area contributed by atoms with Gasteiger partial charge < -0.3 is 5.32 Å². The maximum atomic E-state index is 12.2. The van der Waals surface area contributed by atoms with Crippen LogP contribution in [0.2, 0.25) is 0 Å². The molecule has 4 rings (SSSR count). The highest BCUT2D eigenvalue weighted by molar-refractivity contribution is 5.97. The molecule has 112 valence electrons. The summed E-state index contributed by atoms with van der Waals surface area (Å²) in [5.41, 5.74) is 5.46. The normalized spacial score (nSPS) is 16.5. The van der Waals surface area contributed by atoms with Crippen LogP contribution in [0.25, 0.3) is 11.1 Å². The standard InChI is InChI=1S/C21H17NO/c23-21-19-9-5-4-8-18(19)14-20(22-21)17-12-10-16(11-13-17)15-6-2-1-3-7-15/h1-13,20H,14H2,(H,22,23). The highest BCUT2D eigenvalue weighted by Crippen LogP contribution is 2.27. The zero-order chi connectivity index (χ0) is 15.6. The van der Waals surface area contributed by atoms with Crippen molar-refractivity contribution in [3.63, 3.8) is 0 Å². The van der Waals surface area contributed by atoms with Gasteiger partial charge in [-0.1, -0.05) is 72.8 Å². The van der Waals surface area contributed by atoms with E-state index < -0.39 is 0 Å². The predicted molar refractivity (Wildman–Crippen MR) is 92.2 cm³/mol. The summed E-state index contributed by atoms with van der Waals surface area (Å²) in [6, 6.07) is 26.7. The molecule has 1 heterocycles. The van der Waals surface area contributed by atoms with Gasteiger partial charge in [0.05, 0.1) is 6.04 Å². The Hall–Kier alpha value is -2.87. The Labute approximate surface area is 135 Å². The van der Waals surface area contributed by atoms with Crippen LogP contribution in [-0.2, 0) is 6.42 Å². The number of nitrogens with one attached hydrogen (secondary N) is 1. The minimum atomic E-state index is 0.0176. The largest absolute Gasteiger partial charge is 0.345 e. The van der Waals surface area contributed by atoms with Crippen molar-refractivity contribution in [3.8, 4) is 11.1 Å². The zero-order valence-corrected chi connectivity index (χ0v) is 12.7. The molecule has 1 atom stereocenters. The Balaban J connectivity index is 1.61. The lowest BCUT2D eigenvalue weighted by molar-refractivity contribution is 0.0925. The summed E-state index contributed by atoms with van der Waals surface area (Å²) in [6.07, 6.45) is 0.840. The Bertz CT molecular complexity index is 837. The molecule has 1 amide bonds. The topological polar surface area (TPSA) is 29.1 Å². The Morgan fingerprint density at radius 2 is 1.39 bits per heavy atom. The van der Waals surface area contributed by atoms with Gasteiger partial charge in [0.1, 0.15) is 0 Å². The van der Waals surface area contributed by atoms with E-state index in [2.05, 4.69) is 41.7 Å². The number of hydrogen-bond donors (Lipinski definition) is 1. The smallest absolute Gasteiger partial charge is 0.252 e. The average molecular weight is 299 g/mol. The number of carbonyl (C=O) groups excluding carboxylic acids is 1. The van der Waals surface area contributed by atoms with Crippen LogP contribution >= 0.6 is 0 Å². The van der Waals surface area contributed by atoms with Gasteiger partial charge >= 0.3 is 0 Å². The van der Waals surface area contributed by atoms with Crippen LogP contribution in [0.1, 0.15) is 27.5 Å². The Morgan fingerprint density at radius 1 is 0.739 bits per heavy atom. The van der Waals surface area contributed by atoms with Gasteiger partial charge in [-0.05, 0) is 34.7 Å². The summed E-state index contributed by atoms with van der Waals surface area (Å²) in [6.45, 7) is 0. The van der Waals surface area contributed by atoms with E-state index in [0.29, 0.717) is 0 Å².